The average molecular weight is 416 g/mol. The van der Waals surface area contributed by atoms with Gasteiger partial charge in [-0.1, -0.05) is 18.6 Å². The fourth-order valence-corrected chi connectivity index (χ4v) is 4.91. The number of ether oxygens (including phenoxy) is 1. The molecule has 1 heterocycles. The van der Waals surface area contributed by atoms with E-state index in [4.69, 9.17) is 4.74 Å². The van der Waals surface area contributed by atoms with Crippen LogP contribution in [0, 0.1) is 6.92 Å². The Labute approximate surface area is 170 Å². The van der Waals surface area contributed by atoms with Crippen molar-refractivity contribution in [2.45, 2.75) is 31.1 Å². The van der Waals surface area contributed by atoms with Gasteiger partial charge in [-0.2, -0.15) is 4.31 Å². The molecule has 0 atom stereocenters. The predicted octanol–water partition coefficient (Wildman–Crippen LogP) is 3.21. The van der Waals surface area contributed by atoms with Crippen LogP contribution in [0.5, 0.6) is 0 Å². The minimum Gasteiger partial charge on any atom is -0.465 e. The Balaban J connectivity index is 1.84. The molecule has 154 valence electrons. The first-order valence-corrected chi connectivity index (χ1v) is 10.9. The molecule has 1 fully saturated rings. The number of nitrogens with zero attached hydrogens (tertiary/aromatic N) is 1. The molecule has 1 aliphatic rings. The first kappa shape index (κ1) is 21.0. The second kappa shape index (κ2) is 8.75. The number of carbonyl (C=O) groups is 2. The van der Waals surface area contributed by atoms with Crippen LogP contribution in [0.25, 0.3) is 0 Å². The fourth-order valence-electron chi connectivity index (χ4n) is 3.35. The molecule has 0 bridgehead atoms. The lowest BCUT2D eigenvalue weighted by Gasteiger charge is -2.26. The molecular weight excluding hydrogens is 392 g/mol. The van der Waals surface area contributed by atoms with Crippen LogP contribution in [0.3, 0.4) is 0 Å². The lowest BCUT2D eigenvalue weighted by Crippen LogP contribution is -2.35. The molecular formula is C21H24N2O5S. The van der Waals surface area contributed by atoms with Gasteiger partial charge in [0.1, 0.15) is 0 Å². The molecule has 0 spiro atoms. The molecule has 1 amide bonds. The molecule has 1 N–H and O–H groups in total. The zero-order valence-corrected chi connectivity index (χ0v) is 17.3. The van der Waals surface area contributed by atoms with E-state index >= 15 is 0 Å². The number of piperidine rings is 1. The van der Waals surface area contributed by atoms with Gasteiger partial charge in [0.15, 0.2) is 0 Å². The summed E-state index contributed by atoms with van der Waals surface area (Å²) in [5.41, 5.74) is 1.62. The molecule has 29 heavy (non-hydrogen) atoms. The Kier molecular flexibility index (Phi) is 6.34. The minimum absolute atomic E-state index is 0.104. The Morgan fingerprint density at radius 3 is 2.41 bits per heavy atom. The highest BCUT2D eigenvalue weighted by Crippen LogP contribution is 2.23. The maximum Gasteiger partial charge on any atom is 0.338 e. The number of carbonyl (C=O) groups excluding carboxylic acids is 2. The molecule has 1 saturated heterocycles. The van der Waals surface area contributed by atoms with E-state index in [1.165, 1.54) is 23.5 Å². The largest absolute Gasteiger partial charge is 0.465 e. The second-order valence-corrected chi connectivity index (χ2v) is 8.85. The van der Waals surface area contributed by atoms with Gasteiger partial charge in [-0.05, 0) is 55.7 Å². The standard InChI is InChI=1S/C21H24N2O5S/c1-15-18(21(25)28-2)10-7-11-19(15)22-20(24)16-8-6-9-17(14-16)29(26,27)23-12-4-3-5-13-23/h6-11,14H,3-5,12-13H2,1-2H3,(H,22,24). The first-order valence-electron chi connectivity index (χ1n) is 9.44. The van der Waals surface area contributed by atoms with Gasteiger partial charge in [0.2, 0.25) is 10.0 Å². The molecule has 0 saturated carbocycles. The Morgan fingerprint density at radius 1 is 1.03 bits per heavy atom. The third-order valence-electron chi connectivity index (χ3n) is 5.04. The van der Waals surface area contributed by atoms with Crippen LogP contribution in [0.4, 0.5) is 5.69 Å². The molecule has 3 rings (SSSR count). The molecule has 0 aromatic heterocycles. The summed E-state index contributed by atoms with van der Waals surface area (Å²) in [5.74, 6) is -0.945. The summed E-state index contributed by atoms with van der Waals surface area (Å²) in [6.07, 6.45) is 2.71. The third-order valence-corrected chi connectivity index (χ3v) is 6.93. The van der Waals surface area contributed by atoms with Crippen LogP contribution >= 0.6 is 0 Å². The van der Waals surface area contributed by atoms with Crippen molar-refractivity contribution >= 4 is 27.6 Å². The Morgan fingerprint density at radius 2 is 1.72 bits per heavy atom. The number of rotatable bonds is 5. The van der Waals surface area contributed by atoms with E-state index in [2.05, 4.69) is 5.32 Å². The van der Waals surface area contributed by atoms with E-state index < -0.39 is 21.9 Å². The van der Waals surface area contributed by atoms with Gasteiger partial charge in [0.25, 0.3) is 5.91 Å². The lowest BCUT2D eigenvalue weighted by atomic mass is 10.1. The molecule has 8 heteroatoms. The smallest absolute Gasteiger partial charge is 0.338 e. The molecule has 0 radical (unpaired) electrons. The van der Waals surface area contributed by atoms with Crippen LogP contribution in [0.2, 0.25) is 0 Å². The van der Waals surface area contributed by atoms with Gasteiger partial charge < -0.3 is 10.1 Å². The first-order chi connectivity index (χ1) is 13.8. The topological polar surface area (TPSA) is 92.8 Å². The van der Waals surface area contributed by atoms with Crippen LogP contribution < -0.4 is 5.32 Å². The summed E-state index contributed by atoms with van der Waals surface area (Å²) in [4.78, 5) is 24.7. The molecule has 1 aliphatic heterocycles. The van der Waals surface area contributed by atoms with E-state index in [0.717, 1.165) is 19.3 Å². The van der Waals surface area contributed by atoms with E-state index in [9.17, 15) is 18.0 Å². The van der Waals surface area contributed by atoms with Crippen molar-refractivity contribution in [1.82, 2.24) is 4.31 Å². The van der Waals surface area contributed by atoms with Crippen molar-refractivity contribution in [3.05, 3.63) is 59.2 Å². The van der Waals surface area contributed by atoms with Crippen molar-refractivity contribution in [2.75, 3.05) is 25.5 Å². The number of amides is 1. The van der Waals surface area contributed by atoms with Crippen molar-refractivity contribution in [2.24, 2.45) is 0 Å². The van der Waals surface area contributed by atoms with Gasteiger partial charge in [-0.3, -0.25) is 4.79 Å². The summed E-state index contributed by atoms with van der Waals surface area (Å²) in [6, 6.07) is 10.9. The van der Waals surface area contributed by atoms with Crippen LogP contribution in [0.15, 0.2) is 47.4 Å². The van der Waals surface area contributed by atoms with Gasteiger partial charge >= 0.3 is 5.97 Å². The maximum absolute atomic E-state index is 12.9. The SMILES string of the molecule is COC(=O)c1cccc(NC(=O)c2cccc(S(=O)(=O)N3CCCCC3)c2)c1C. The van der Waals surface area contributed by atoms with Crippen molar-refractivity contribution in [3.8, 4) is 0 Å². The van der Waals surface area contributed by atoms with E-state index in [1.54, 1.807) is 37.3 Å². The zero-order chi connectivity index (χ0) is 21.0. The highest BCUT2D eigenvalue weighted by Gasteiger charge is 2.26. The number of methoxy groups -OCH3 is 1. The van der Waals surface area contributed by atoms with Crippen LogP contribution in [0.1, 0.15) is 45.5 Å². The zero-order valence-electron chi connectivity index (χ0n) is 16.5. The normalized spacial score (nSPS) is 15.0. The van der Waals surface area contributed by atoms with E-state index in [0.29, 0.717) is 29.9 Å². The number of benzene rings is 2. The number of hydrogen-bond acceptors (Lipinski definition) is 5. The van der Waals surface area contributed by atoms with Crippen molar-refractivity contribution < 1.29 is 22.7 Å². The number of anilines is 1. The molecule has 2 aromatic rings. The molecule has 7 nitrogen and oxygen atoms in total. The van der Waals surface area contributed by atoms with Crippen LogP contribution in [-0.4, -0.2) is 44.8 Å². The van der Waals surface area contributed by atoms with Gasteiger partial charge in [-0.15, -0.1) is 0 Å². The Bertz CT molecular complexity index is 1030. The van der Waals surface area contributed by atoms with E-state index in [1.807, 2.05) is 0 Å². The number of sulfonamides is 1. The summed E-state index contributed by atoms with van der Waals surface area (Å²) < 4.78 is 32.0. The summed E-state index contributed by atoms with van der Waals surface area (Å²) in [5, 5.41) is 2.75. The van der Waals surface area contributed by atoms with Gasteiger partial charge in [0.05, 0.1) is 17.6 Å². The quantitative estimate of drug-likeness (QED) is 0.756. The average Bonchev–Trinajstić information content (AvgIpc) is 2.75. The van der Waals surface area contributed by atoms with Crippen molar-refractivity contribution in [3.63, 3.8) is 0 Å². The highest BCUT2D eigenvalue weighted by atomic mass is 32.2. The van der Waals surface area contributed by atoms with Crippen molar-refractivity contribution in [1.29, 1.82) is 0 Å². The molecule has 2 aromatic carbocycles. The summed E-state index contributed by atoms with van der Waals surface area (Å²) in [6.45, 7) is 2.70. The molecule has 0 aliphatic carbocycles. The number of hydrogen-bond donors (Lipinski definition) is 1. The molecule has 0 unspecified atom stereocenters. The van der Waals surface area contributed by atoms with Gasteiger partial charge in [-0.25, -0.2) is 13.2 Å². The monoisotopic (exact) mass is 416 g/mol. The lowest BCUT2D eigenvalue weighted by molar-refractivity contribution is 0.0599. The number of nitrogens with one attached hydrogen (secondary N) is 1. The third kappa shape index (κ3) is 4.49. The Hall–Kier alpha value is -2.71. The highest BCUT2D eigenvalue weighted by molar-refractivity contribution is 7.89. The van der Waals surface area contributed by atoms with E-state index in [-0.39, 0.29) is 10.5 Å². The van der Waals surface area contributed by atoms with Gasteiger partial charge in [0, 0.05) is 24.3 Å². The maximum atomic E-state index is 12.9. The minimum atomic E-state index is -3.63. The summed E-state index contributed by atoms with van der Waals surface area (Å²) >= 11 is 0. The fraction of sp³-hybridized carbons (Fsp3) is 0.333. The van der Waals surface area contributed by atoms with Crippen LogP contribution in [-0.2, 0) is 14.8 Å². The summed E-state index contributed by atoms with van der Waals surface area (Å²) in [7, 11) is -2.34. The predicted molar refractivity (Wildman–Crippen MR) is 110 cm³/mol. The number of esters is 1. The second-order valence-electron chi connectivity index (χ2n) is 6.92.